The van der Waals surface area contributed by atoms with Gasteiger partial charge in [-0.05, 0) is 86.1 Å². The molecule has 2 heterocycles. The first kappa shape index (κ1) is 39.9. The number of anilines is 3. The van der Waals surface area contributed by atoms with Gasteiger partial charge in [-0.1, -0.05) is 130 Å². The Labute approximate surface area is 332 Å². The molecule has 6 aromatic rings. The van der Waals surface area contributed by atoms with Crippen molar-refractivity contribution in [1.29, 1.82) is 0 Å². The van der Waals surface area contributed by atoms with E-state index in [1.807, 2.05) is 37.3 Å². The smallest absolute Gasteiger partial charge is 0.225 e. The van der Waals surface area contributed by atoms with Gasteiger partial charge in [-0.3, -0.25) is 0 Å². The number of hydrogen-bond donors (Lipinski definition) is 4. The summed E-state index contributed by atoms with van der Waals surface area (Å²) in [6.45, 7) is 7.31. The number of nitrogens with zero attached hydrogens (tertiary/aromatic N) is 4. The molecular weight excluding hydrogens is 700 g/mol. The van der Waals surface area contributed by atoms with Crippen molar-refractivity contribution in [3.8, 4) is 0 Å². The summed E-state index contributed by atoms with van der Waals surface area (Å²) in [5.74, 6) is 2.45. The second-order valence-electron chi connectivity index (χ2n) is 14.8. The van der Waals surface area contributed by atoms with Crippen LogP contribution in [0.1, 0.15) is 89.2 Å². The zero-order chi connectivity index (χ0) is 38.4. The molecule has 0 spiro atoms. The van der Waals surface area contributed by atoms with Gasteiger partial charge >= 0.3 is 0 Å². The lowest BCUT2D eigenvalue weighted by Gasteiger charge is -2.38. The standard InChI is InChI=1S/C23H28N4.C21H22ClN3.C2H7N/c1-2-24-22-26-20-14-8-7-13-19(20)21(27-22)25-17-23(15-9-4-10-16-23)18-11-5-3-6-12-18;22-20-24-18-12-6-5-11-17(18)19(25-20)23-15-21(13-7-2-8-14-21)16-9-3-1-4-10-16;1-2-3/h3,5-8,11-14H,2,4,9-10,15-17H2,1H3,(H2,24,25,26,27);1,3-6,9-12H,2,7-8,13-15H2,(H,23,24,25);2-3H2,1H3. The average molecular weight is 757 g/mol. The van der Waals surface area contributed by atoms with Crippen molar-refractivity contribution in [3.63, 3.8) is 0 Å². The number of fused-ring (bicyclic) bond motifs is 2. The molecule has 2 aliphatic rings. The molecule has 8 nitrogen and oxygen atoms in total. The van der Waals surface area contributed by atoms with Crippen molar-refractivity contribution in [2.45, 2.75) is 88.9 Å². The molecule has 8 rings (SSSR count). The Balaban J connectivity index is 0.000000175. The molecule has 55 heavy (non-hydrogen) atoms. The molecule has 0 saturated heterocycles. The van der Waals surface area contributed by atoms with E-state index >= 15 is 0 Å². The maximum atomic E-state index is 6.13. The highest BCUT2D eigenvalue weighted by Crippen LogP contribution is 2.41. The number of aromatic nitrogens is 4. The largest absolute Gasteiger partial charge is 0.369 e. The van der Waals surface area contributed by atoms with Gasteiger partial charge < -0.3 is 21.7 Å². The molecule has 2 aliphatic carbocycles. The van der Waals surface area contributed by atoms with E-state index in [0.29, 0.717) is 11.2 Å². The summed E-state index contributed by atoms with van der Waals surface area (Å²) >= 11 is 6.13. The van der Waals surface area contributed by atoms with Crippen LogP contribution in [-0.2, 0) is 10.8 Å². The molecule has 2 saturated carbocycles. The number of benzene rings is 4. The highest BCUT2D eigenvalue weighted by Gasteiger charge is 2.35. The second-order valence-corrected chi connectivity index (χ2v) is 15.2. The molecule has 4 aromatic carbocycles. The summed E-state index contributed by atoms with van der Waals surface area (Å²) in [4.78, 5) is 18.2. The van der Waals surface area contributed by atoms with Gasteiger partial charge in [0.2, 0.25) is 11.2 Å². The number of hydrogen-bond acceptors (Lipinski definition) is 8. The van der Waals surface area contributed by atoms with Crippen molar-refractivity contribution >= 4 is 51.0 Å². The first-order valence-corrected chi connectivity index (χ1v) is 20.6. The number of nitrogens with one attached hydrogen (secondary N) is 3. The van der Waals surface area contributed by atoms with E-state index in [0.717, 1.165) is 59.6 Å². The molecule has 2 aromatic heterocycles. The maximum absolute atomic E-state index is 6.13. The SMILES string of the molecule is CCN.CCNc1nc(NCC2(c3ccccc3)CCCCC2)c2ccccc2n1.Clc1nc(NCC2(c3ccccc3)CCCCC2)c2ccccc2n1. The molecule has 0 atom stereocenters. The number of para-hydroxylation sites is 2. The van der Waals surface area contributed by atoms with E-state index < -0.39 is 0 Å². The number of halogens is 1. The van der Waals surface area contributed by atoms with Crippen LogP contribution in [-0.4, -0.2) is 46.1 Å². The number of nitrogens with two attached hydrogens (primary N) is 1. The molecule has 0 radical (unpaired) electrons. The fraction of sp³-hybridized carbons (Fsp3) is 0.391. The first-order chi connectivity index (χ1) is 27.0. The minimum Gasteiger partial charge on any atom is -0.369 e. The van der Waals surface area contributed by atoms with E-state index in [1.54, 1.807) is 0 Å². The third-order valence-corrected chi connectivity index (χ3v) is 11.3. The maximum Gasteiger partial charge on any atom is 0.225 e. The van der Waals surface area contributed by atoms with Crippen molar-refractivity contribution < 1.29 is 0 Å². The quantitative estimate of drug-likeness (QED) is 0.102. The normalized spacial score (nSPS) is 15.9. The van der Waals surface area contributed by atoms with Crippen LogP contribution in [0.5, 0.6) is 0 Å². The van der Waals surface area contributed by atoms with Crippen molar-refractivity contribution in [1.82, 2.24) is 19.9 Å². The minimum absolute atomic E-state index is 0.165. The van der Waals surface area contributed by atoms with Crippen molar-refractivity contribution in [3.05, 3.63) is 126 Å². The van der Waals surface area contributed by atoms with Gasteiger partial charge in [0, 0.05) is 41.2 Å². The Morgan fingerprint density at radius 1 is 0.527 bits per heavy atom. The fourth-order valence-electron chi connectivity index (χ4n) is 8.31. The Kier molecular flexibility index (Phi) is 14.3. The molecule has 0 bridgehead atoms. The lowest BCUT2D eigenvalue weighted by molar-refractivity contribution is 0.308. The van der Waals surface area contributed by atoms with Gasteiger partial charge in [0.25, 0.3) is 0 Å². The molecule has 288 valence electrons. The van der Waals surface area contributed by atoms with E-state index in [4.69, 9.17) is 22.3 Å². The zero-order valence-electron chi connectivity index (χ0n) is 32.5. The van der Waals surface area contributed by atoms with Gasteiger partial charge in [0.15, 0.2) is 0 Å². The van der Waals surface area contributed by atoms with Gasteiger partial charge in [-0.15, -0.1) is 0 Å². The van der Waals surface area contributed by atoms with Crippen LogP contribution in [0.25, 0.3) is 21.8 Å². The fourth-order valence-corrected chi connectivity index (χ4v) is 8.49. The topological polar surface area (TPSA) is 114 Å². The lowest BCUT2D eigenvalue weighted by Crippen LogP contribution is -2.36. The molecular formula is C46H57ClN8. The van der Waals surface area contributed by atoms with E-state index in [9.17, 15) is 0 Å². The van der Waals surface area contributed by atoms with Crippen LogP contribution in [0.2, 0.25) is 5.28 Å². The van der Waals surface area contributed by atoms with Crippen LogP contribution in [0.4, 0.5) is 17.6 Å². The van der Waals surface area contributed by atoms with Crippen molar-refractivity contribution in [2.75, 3.05) is 42.1 Å². The average Bonchev–Trinajstić information content (AvgIpc) is 3.24. The first-order valence-electron chi connectivity index (χ1n) is 20.2. The second kappa shape index (κ2) is 19.7. The molecule has 2 fully saturated rings. The van der Waals surface area contributed by atoms with E-state index in [2.05, 4.69) is 117 Å². The Morgan fingerprint density at radius 3 is 1.42 bits per heavy atom. The third-order valence-electron chi connectivity index (χ3n) is 11.1. The van der Waals surface area contributed by atoms with Crippen LogP contribution in [0.3, 0.4) is 0 Å². The predicted octanol–water partition coefficient (Wildman–Crippen LogP) is 10.9. The Hall–Kier alpha value is -4.79. The predicted molar refractivity (Wildman–Crippen MR) is 232 cm³/mol. The van der Waals surface area contributed by atoms with Crippen LogP contribution in [0.15, 0.2) is 109 Å². The molecule has 0 aliphatic heterocycles. The minimum atomic E-state index is 0.165. The van der Waals surface area contributed by atoms with E-state index in [-0.39, 0.29) is 10.8 Å². The van der Waals surface area contributed by atoms with Gasteiger partial charge in [0.05, 0.1) is 11.0 Å². The highest BCUT2D eigenvalue weighted by atomic mass is 35.5. The number of rotatable bonds is 10. The molecule has 0 unspecified atom stereocenters. The van der Waals surface area contributed by atoms with Gasteiger partial charge in [0.1, 0.15) is 11.6 Å². The summed E-state index contributed by atoms with van der Waals surface area (Å²) in [7, 11) is 0. The van der Waals surface area contributed by atoms with Crippen LogP contribution >= 0.6 is 11.6 Å². The Bertz CT molecular complexity index is 2060. The summed E-state index contributed by atoms with van der Waals surface area (Å²) < 4.78 is 0. The van der Waals surface area contributed by atoms with Gasteiger partial charge in [-0.25, -0.2) is 15.0 Å². The molecule has 9 heteroatoms. The third kappa shape index (κ3) is 10.1. The summed E-state index contributed by atoms with van der Waals surface area (Å²) in [6.07, 6.45) is 12.7. The summed E-state index contributed by atoms with van der Waals surface area (Å²) in [5, 5.41) is 13.0. The molecule has 5 N–H and O–H groups in total. The zero-order valence-corrected chi connectivity index (χ0v) is 33.3. The lowest BCUT2D eigenvalue weighted by atomic mass is 9.69. The van der Waals surface area contributed by atoms with E-state index in [1.165, 1.54) is 75.3 Å². The van der Waals surface area contributed by atoms with Gasteiger partial charge in [-0.2, -0.15) is 4.98 Å². The summed E-state index contributed by atoms with van der Waals surface area (Å²) in [5.41, 5.74) is 9.92. The monoisotopic (exact) mass is 756 g/mol. The van der Waals surface area contributed by atoms with Crippen LogP contribution in [0, 0.1) is 0 Å². The summed E-state index contributed by atoms with van der Waals surface area (Å²) in [6, 6.07) is 38.1. The van der Waals surface area contributed by atoms with Crippen molar-refractivity contribution in [2.24, 2.45) is 5.73 Å². The van der Waals surface area contributed by atoms with Crippen LogP contribution < -0.4 is 21.7 Å². The Morgan fingerprint density at radius 2 is 0.945 bits per heavy atom. The highest BCUT2D eigenvalue weighted by molar-refractivity contribution is 6.28. The molecule has 0 amide bonds.